The number of carbonyl (C=O) groups excluding carboxylic acids is 1. The van der Waals surface area contributed by atoms with E-state index in [1.54, 1.807) is 12.1 Å². The first kappa shape index (κ1) is 15.3. The minimum absolute atomic E-state index is 0.0480. The maximum absolute atomic E-state index is 12.3. The van der Waals surface area contributed by atoms with Gasteiger partial charge in [0.05, 0.1) is 5.25 Å². The Bertz CT molecular complexity index is 595. The summed E-state index contributed by atoms with van der Waals surface area (Å²) in [6.07, 6.45) is 0. The Kier molecular flexibility index (Phi) is 4.99. The highest BCUT2D eigenvalue weighted by Gasteiger charge is 2.20. The number of Topliss-reactive ketones (excluding diaryl/α,β-unsaturated/α-hetero) is 1. The predicted molar refractivity (Wildman–Crippen MR) is 82.2 cm³/mol. The third-order valence-corrected chi connectivity index (χ3v) is 4.15. The van der Waals surface area contributed by atoms with Gasteiger partial charge in [-0.15, -0.1) is 10.2 Å². The Balaban J connectivity index is 2.05. The lowest BCUT2D eigenvalue weighted by Gasteiger charge is -2.07. The molecular weight excluding hydrogens is 340 g/mol. The number of aromatic nitrogens is 2. The summed E-state index contributed by atoms with van der Waals surface area (Å²) in [5.74, 6) is 0.830. The zero-order valence-corrected chi connectivity index (χ0v) is 13.9. The highest BCUT2D eigenvalue weighted by molar-refractivity contribution is 9.10. The van der Waals surface area contributed by atoms with Crippen molar-refractivity contribution in [3.8, 4) is 0 Å². The van der Waals surface area contributed by atoms with Gasteiger partial charge in [0.15, 0.2) is 5.78 Å². The van der Waals surface area contributed by atoms with E-state index in [-0.39, 0.29) is 17.0 Å². The van der Waals surface area contributed by atoms with Crippen LogP contribution < -0.4 is 0 Å². The van der Waals surface area contributed by atoms with Gasteiger partial charge >= 0.3 is 0 Å². The van der Waals surface area contributed by atoms with Gasteiger partial charge in [-0.3, -0.25) is 4.79 Å². The molecule has 0 aliphatic rings. The molecule has 6 heteroatoms. The van der Waals surface area contributed by atoms with Crippen molar-refractivity contribution in [1.29, 1.82) is 0 Å². The smallest absolute Gasteiger partial charge is 0.277 e. The molecule has 0 aliphatic carbocycles. The third-order valence-electron chi connectivity index (χ3n) is 2.69. The Morgan fingerprint density at radius 1 is 1.20 bits per heavy atom. The van der Waals surface area contributed by atoms with Crippen LogP contribution in [-0.4, -0.2) is 21.2 Å². The van der Waals surface area contributed by atoms with Crippen LogP contribution in [0.25, 0.3) is 0 Å². The number of hydrogen-bond donors (Lipinski definition) is 0. The van der Waals surface area contributed by atoms with E-state index in [2.05, 4.69) is 26.1 Å². The standard InChI is InChI=1S/C14H15BrN2O2S/c1-8(2)13-16-17-14(19-13)20-9(3)12(18)10-4-6-11(15)7-5-10/h4-9H,1-3H3/t9-/m0/s1. The first-order valence-corrected chi connectivity index (χ1v) is 7.94. The first-order chi connectivity index (χ1) is 9.47. The van der Waals surface area contributed by atoms with E-state index in [0.717, 1.165) is 4.47 Å². The molecule has 0 fully saturated rings. The molecule has 0 amide bonds. The predicted octanol–water partition coefficient (Wildman–Crippen LogP) is 4.32. The Morgan fingerprint density at radius 3 is 2.40 bits per heavy atom. The normalized spacial score (nSPS) is 12.7. The molecule has 0 bridgehead atoms. The van der Waals surface area contributed by atoms with Gasteiger partial charge in [-0.1, -0.05) is 53.7 Å². The first-order valence-electron chi connectivity index (χ1n) is 6.27. The molecule has 0 saturated heterocycles. The Hall–Kier alpha value is -1.14. The molecule has 0 saturated carbocycles. The van der Waals surface area contributed by atoms with E-state index in [9.17, 15) is 4.79 Å². The number of benzene rings is 1. The number of ketones is 1. The molecule has 0 spiro atoms. The Labute approximate surface area is 130 Å². The quantitative estimate of drug-likeness (QED) is 0.591. The SMILES string of the molecule is CC(C)c1nnc(S[C@@H](C)C(=O)c2ccc(Br)cc2)o1. The van der Waals surface area contributed by atoms with Crippen molar-refractivity contribution in [3.63, 3.8) is 0 Å². The number of hydrogen-bond acceptors (Lipinski definition) is 5. The second-order valence-electron chi connectivity index (χ2n) is 4.69. The molecule has 1 heterocycles. The van der Waals surface area contributed by atoms with Crippen LogP contribution in [0.15, 0.2) is 38.4 Å². The molecule has 0 aliphatic heterocycles. The number of thioether (sulfide) groups is 1. The molecule has 1 aromatic carbocycles. The van der Waals surface area contributed by atoms with Crippen molar-refractivity contribution in [2.45, 2.75) is 37.2 Å². The second kappa shape index (κ2) is 6.54. The number of carbonyl (C=O) groups is 1. The van der Waals surface area contributed by atoms with Crippen molar-refractivity contribution in [3.05, 3.63) is 40.2 Å². The molecule has 4 nitrogen and oxygen atoms in total. The maximum Gasteiger partial charge on any atom is 0.277 e. The fourth-order valence-corrected chi connectivity index (χ4v) is 2.59. The van der Waals surface area contributed by atoms with Crippen molar-refractivity contribution in [2.24, 2.45) is 0 Å². The lowest BCUT2D eigenvalue weighted by atomic mass is 10.1. The molecule has 0 unspecified atom stereocenters. The summed E-state index contributed by atoms with van der Waals surface area (Å²) < 4.78 is 6.45. The van der Waals surface area contributed by atoms with Crippen molar-refractivity contribution >= 4 is 33.5 Å². The van der Waals surface area contributed by atoms with Crippen LogP contribution in [-0.2, 0) is 0 Å². The topological polar surface area (TPSA) is 56.0 Å². The summed E-state index contributed by atoms with van der Waals surface area (Å²) in [4.78, 5) is 12.3. The van der Waals surface area contributed by atoms with Crippen LogP contribution in [0.3, 0.4) is 0 Å². The van der Waals surface area contributed by atoms with Gasteiger partial charge in [-0.25, -0.2) is 0 Å². The van der Waals surface area contributed by atoms with Crippen LogP contribution in [0.1, 0.15) is 42.9 Å². The van der Waals surface area contributed by atoms with E-state index in [4.69, 9.17) is 4.42 Å². The molecule has 106 valence electrons. The van der Waals surface area contributed by atoms with Gasteiger partial charge in [0.1, 0.15) is 0 Å². The minimum atomic E-state index is -0.267. The number of halogens is 1. The van der Waals surface area contributed by atoms with Gasteiger partial charge in [0, 0.05) is 16.0 Å². The number of nitrogens with zero attached hydrogens (tertiary/aromatic N) is 2. The van der Waals surface area contributed by atoms with E-state index in [1.807, 2.05) is 32.9 Å². The summed E-state index contributed by atoms with van der Waals surface area (Å²) in [6, 6.07) is 7.32. The highest BCUT2D eigenvalue weighted by Crippen LogP contribution is 2.26. The highest BCUT2D eigenvalue weighted by atomic mass is 79.9. The Morgan fingerprint density at radius 2 is 1.85 bits per heavy atom. The summed E-state index contributed by atoms with van der Waals surface area (Å²) in [7, 11) is 0. The van der Waals surface area contributed by atoms with Crippen molar-refractivity contribution in [1.82, 2.24) is 10.2 Å². The molecule has 20 heavy (non-hydrogen) atoms. The number of rotatable bonds is 5. The molecular formula is C14H15BrN2O2S. The fourth-order valence-electron chi connectivity index (χ4n) is 1.55. The van der Waals surface area contributed by atoms with Crippen molar-refractivity contribution < 1.29 is 9.21 Å². The molecule has 0 radical (unpaired) electrons. The monoisotopic (exact) mass is 354 g/mol. The van der Waals surface area contributed by atoms with Crippen LogP contribution in [0.4, 0.5) is 0 Å². The molecule has 2 rings (SSSR count). The van der Waals surface area contributed by atoms with E-state index < -0.39 is 0 Å². The summed E-state index contributed by atoms with van der Waals surface area (Å²) in [6.45, 7) is 5.81. The summed E-state index contributed by atoms with van der Waals surface area (Å²) in [5, 5.41) is 8.08. The van der Waals surface area contributed by atoms with Crippen LogP contribution in [0.2, 0.25) is 0 Å². The van der Waals surface area contributed by atoms with E-state index >= 15 is 0 Å². The lowest BCUT2D eigenvalue weighted by molar-refractivity contribution is 0.0993. The van der Waals surface area contributed by atoms with E-state index in [1.165, 1.54) is 11.8 Å². The largest absolute Gasteiger partial charge is 0.416 e. The van der Waals surface area contributed by atoms with Gasteiger partial charge in [0.2, 0.25) is 5.89 Å². The zero-order valence-electron chi connectivity index (χ0n) is 11.5. The lowest BCUT2D eigenvalue weighted by Crippen LogP contribution is -2.13. The zero-order chi connectivity index (χ0) is 14.7. The fraction of sp³-hybridized carbons (Fsp3) is 0.357. The van der Waals surface area contributed by atoms with Crippen molar-refractivity contribution in [2.75, 3.05) is 0 Å². The molecule has 0 N–H and O–H groups in total. The second-order valence-corrected chi connectivity index (χ2v) is 6.90. The van der Waals surface area contributed by atoms with Gasteiger partial charge in [-0.05, 0) is 19.1 Å². The van der Waals surface area contributed by atoms with Gasteiger partial charge in [0.25, 0.3) is 5.22 Å². The summed E-state index contributed by atoms with van der Waals surface area (Å²) in [5.41, 5.74) is 0.678. The minimum Gasteiger partial charge on any atom is -0.416 e. The van der Waals surface area contributed by atoms with Gasteiger partial charge < -0.3 is 4.42 Å². The van der Waals surface area contributed by atoms with Crippen LogP contribution in [0.5, 0.6) is 0 Å². The van der Waals surface area contributed by atoms with Crippen LogP contribution in [0, 0.1) is 0 Å². The summed E-state index contributed by atoms with van der Waals surface area (Å²) >= 11 is 4.64. The maximum atomic E-state index is 12.3. The van der Waals surface area contributed by atoms with E-state index in [0.29, 0.717) is 16.7 Å². The molecule has 1 aromatic heterocycles. The average molecular weight is 355 g/mol. The van der Waals surface area contributed by atoms with Gasteiger partial charge in [-0.2, -0.15) is 0 Å². The third kappa shape index (κ3) is 3.70. The average Bonchev–Trinajstić information content (AvgIpc) is 2.87. The molecule has 1 atom stereocenters. The molecule has 2 aromatic rings. The van der Waals surface area contributed by atoms with Crippen LogP contribution >= 0.6 is 27.7 Å².